The molecule has 0 saturated heterocycles. The third-order valence-electron chi connectivity index (χ3n) is 3.11. The SMILES string of the molecule is CCCCOC(C)OC(F)(C(O)(F)F)C(F)(F)C(F)(F)C(F)(F)C(F)(F)F. The molecule has 0 aromatic heterocycles. The van der Waals surface area contributed by atoms with Crippen molar-refractivity contribution < 1.29 is 67.3 Å². The zero-order chi connectivity index (χ0) is 22.1. The lowest BCUT2D eigenvalue weighted by molar-refractivity contribution is -0.496. The van der Waals surface area contributed by atoms with E-state index in [2.05, 4.69) is 9.47 Å². The number of aliphatic hydroxyl groups is 1. The van der Waals surface area contributed by atoms with E-state index in [4.69, 9.17) is 5.11 Å². The molecule has 164 valence electrons. The van der Waals surface area contributed by atoms with Crippen LogP contribution in [0, 0.1) is 0 Å². The van der Waals surface area contributed by atoms with E-state index in [1.165, 1.54) is 0 Å². The Morgan fingerprint density at radius 2 is 1.22 bits per heavy atom. The highest BCUT2D eigenvalue weighted by atomic mass is 19.4. The number of unbranched alkanes of at least 4 members (excludes halogenated alkanes) is 1. The predicted molar refractivity (Wildman–Crippen MR) is 63.3 cm³/mol. The minimum atomic E-state index is -7.79. The van der Waals surface area contributed by atoms with Crippen LogP contribution in [-0.4, -0.2) is 53.9 Å². The summed E-state index contributed by atoms with van der Waals surface area (Å²) in [7, 11) is 0. The Kier molecular flexibility index (Phi) is 7.53. The molecule has 2 unspecified atom stereocenters. The number of hydrogen-bond donors (Lipinski definition) is 1. The van der Waals surface area contributed by atoms with Crippen LogP contribution in [0.1, 0.15) is 26.7 Å². The highest BCUT2D eigenvalue weighted by Crippen LogP contribution is 2.59. The van der Waals surface area contributed by atoms with E-state index in [1.54, 1.807) is 6.92 Å². The van der Waals surface area contributed by atoms with Gasteiger partial charge in [0.2, 0.25) is 0 Å². The van der Waals surface area contributed by atoms with Gasteiger partial charge in [0.25, 0.3) is 0 Å². The normalized spacial score (nSPS) is 18.3. The van der Waals surface area contributed by atoms with E-state index >= 15 is 0 Å². The molecule has 27 heavy (non-hydrogen) atoms. The van der Waals surface area contributed by atoms with Gasteiger partial charge in [0, 0.05) is 6.61 Å². The molecular weight excluding hydrogens is 420 g/mol. The monoisotopic (exact) mass is 434 g/mol. The predicted octanol–water partition coefficient (Wildman–Crippen LogP) is 4.88. The molecule has 3 nitrogen and oxygen atoms in total. The van der Waals surface area contributed by atoms with Crippen LogP contribution in [0.2, 0.25) is 0 Å². The number of ether oxygens (including phenoxy) is 2. The standard InChI is InChI=1S/C12H14F12O3/c1-3-4-5-26-6(2)27-10(19,12(23,24)25)8(15,16)7(13,14)9(17,18)11(20,21)22/h6,25H,3-5H2,1-2H3. The molecule has 0 aliphatic heterocycles. The number of alkyl halides is 12. The summed E-state index contributed by atoms with van der Waals surface area (Å²) in [6.45, 7) is 1.43. The second kappa shape index (κ2) is 7.81. The van der Waals surface area contributed by atoms with Crippen molar-refractivity contribution in [2.24, 2.45) is 0 Å². The van der Waals surface area contributed by atoms with Crippen molar-refractivity contribution in [1.29, 1.82) is 0 Å². The molecule has 0 aliphatic carbocycles. The first-order valence-corrected chi connectivity index (χ1v) is 6.99. The van der Waals surface area contributed by atoms with Crippen LogP contribution in [0.15, 0.2) is 0 Å². The third kappa shape index (κ3) is 4.55. The highest BCUT2D eigenvalue weighted by molar-refractivity contribution is 5.08. The number of rotatable bonds is 10. The molecule has 1 N–H and O–H groups in total. The van der Waals surface area contributed by atoms with Crippen LogP contribution in [0.25, 0.3) is 0 Å². The van der Waals surface area contributed by atoms with Crippen LogP contribution in [-0.2, 0) is 9.47 Å². The molecular formula is C12H14F12O3. The molecule has 0 amide bonds. The molecule has 0 radical (unpaired) electrons. The topological polar surface area (TPSA) is 38.7 Å². The maximum atomic E-state index is 14.0. The van der Waals surface area contributed by atoms with E-state index in [0.717, 1.165) is 0 Å². The zero-order valence-electron chi connectivity index (χ0n) is 13.5. The molecule has 0 rings (SSSR count). The van der Waals surface area contributed by atoms with Gasteiger partial charge in [-0.2, -0.15) is 52.7 Å². The minimum Gasteiger partial charge on any atom is -0.353 e. The Labute approximate surface area is 144 Å². The van der Waals surface area contributed by atoms with Gasteiger partial charge >= 0.3 is 35.9 Å². The van der Waals surface area contributed by atoms with Crippen molar-refractivity contribution >= 4 is 0 Å². The first kappa shape index (κ1) is 26.0. The summed E-state index contributed by atoms with van der Waals surface area (Å²) in [4.78, 5) is 0. The smallest absolute Gasteiger partial charge is 0.353 e. The molecule has 0 heterocycles. The summed E-state index contributed by atoms with van der Waals surface area (Å²) >= 11 is 0. The third-order valence-corrected chi connectivity index (χ3v) is 3.11. The molecule has 0 fully saturated rings. The Bertz CT molecular complexity index is 487. The van der Waals surface area contributed by atoms with Crippen molar-refractivity contribution in [3.63, 3.8) is 0 Å². The quantitative estimate of drug-likeness (QED) is 0.303. The summed E-state index contributed by atoms with van der Waals surface area (Å²) in [5.41, 5.74) is 0. The Morgan fingerprint density at radius 1 is 0.778 bits per heavy atom. The van der Waals surface area contributed by atoms with Crippen molar-refractivity contribution in [2.75, 3.05) is 6.61 Å². The van der Waals surface area contributed by atoms with Crippen LogP contribution in [0.5, 0.6) is 0 Å². The van der Waals surface area contributed by atoms with E-state index < -0.39 is 48.8 Å². The Balaban J connectivity index is 6.12. The fourth-order valence-corrected chi connectivity index (χ4v) is 1.57. The lowest BCUT2D eigenvalue weighted by Crippen LogP contribution is -2.72. The van der Waals surface area contributed by atoms with E-state index in [0.29, 0.717) is 13.3 Å². The van der Waals surface area contributed by atoms with Gasteiger partial charge in [0.15, 0.2) is 6.29 Å². The lowest BCUT2D eigenvalue weighted by atomic mass is 9.96. The largest absolute Gasteiger partial charge is 0.460 e. The van der Waals surface area contributed by atoms with Gasteiger partial charge in [0.05, 0.1) is 0 Å². The van der Waals surface area contributed by atoms with E-state index in [-0.39, 0.29) is 6.42 Å². The Hall–Kier alpha value is -0.960. The zero-order valence-corrected chi connectivity index (χ0v) is 13.5. The molecule has 15 heteroatoms. The lowest BCUT2D eigenvalue weighted by Gasteiger charge is -2.42. The molecule has 0 spiro atoms. The maximum absolute atomic E-state index is 14.0. The summed E-state index contributed by atoms with van der Waals surface area (Å²) in [6.07, 6.45) is -16.1. The molecule has 0 bridgehead atoms. The van der Waals surface area contributed by atoms with Gasteiger partial charge in [-0.25, -0.2) is 0 Å². The van der Waals surface area contributed by atoms with Gasteiger partial charge in [-0.1, -0.05) is 13.3 Å². The minimum absolute atomic E-state index is 0.0984. The molecule has 0 saturated carbocycles. The van der Waals surface area contributed by atoms with Gasteiger partial charge < -0.3 is 14.6 Å². The maximum Gasteiger partial charge on any atom is 0.460 e. The van der Waals surface area contributed by atoms with E-state index in [9.17, 15) is 52.7 Å². The van der Waals surface area contributed by atoms with Gasteiger partial charge in [-0.05, 0) is 13.3 Å². The molecule has 2 atom stereocenters. The summed E-state index contributed by atoms with van der Waals surface area (Å²) in [5, 5.41) is 8.20. The van der Waals surface area contributed by atoms with E-state index in [1.807, 2.05) is 0 Å². The summed E-state index contributed by atoms with van der Waals surface area (Å²) in [5.74, 6) is -29.7. The first-order valence-electron chi connectivity index (χ1n) is 6.99. The van der Waals surface area contributed by atoms with Crippen molar-refractivity contribution in [2.45, 2.75) is 68.9 Å². The second-order valence-electron chi connectivity index (χ2n) is 5.27. The Morgan fingerprint density at radius 3 is 1.56 bits per heavy atom. The van der Waals surface area contributed by atoms with Crippen molar-refractivity contribution in [3.05, 3.63) is 0 Å². The van der Waals surface area contributed by atoms with Crippen LogP contribution >= 0.6 is 0 Å². The average Bonchev–Trinajstić information content (AvgIpc) is 2.44. The van der Waals surface area contributed by atoms with Crippen molar-refractivity contribution in [1.82, 2.24) is 0 Å². The molecule has 0 aromatic rings. The van der Waals surface area contributed by atoms with Gasteiger partial charge in [-0.3, -0.25) is 0 Å². The fourth-order valence-electron chi connectivity index (χ4n) is 1.57. The molecule has 0 aliphatic rings. The second-order valence-corrected chi connectivity index (χ2v) is 5.27. The molecule has 0 aromatic carbocycles. The van der Waals surface area contributed by atoms with Gasteiger partial charge in [-0.15, -0.1) is 0 Å². The van der Waals surface area contributed by atoms with Crippen LogP contribution in [0.4, 0.5) is 52.7 Å². The summed E-state index contributed by atoms with van der Waals surface area (Å²) in [6, 6.07) is 0. The van der Waals surface area contributed by atoms with Crippen LogP contribution in [0.3, 0.4) is 0 Å². The highest BCUT2D eigenvalue weighted by Gasteiger charge is 2.91. The number of hydrogen-bond acceptors (Lipinski definition) is 3. The van der Waals surface area contributed by atoms with Crippen LogP contribution < -0.4 is 0 Å². The fraction of sp³-hybridized carbons (Fsp3) is 1.00. The van der Waals surface area contributed by atoms with Gasteiger partial charge in [0.1, 0.15) is 0 Å². The first-order chi connectivity index (χ1) is 11.7. The average molecular weight is 434 g/mol. The number of halogens is 12. The summed E-state index contributed by atoms with van der Waals surface area (Å²) < 4.78 is 163. The van der Waals surface area contributed by atoms with Crippen molar-refractivity contribution in [3.8, 4) is 0 Å².